The summed E-state index contributed by atoms with van der Waals surface area (Å²) in [5, 5.41) is 9.17. The summed E-state index contributed by atoms with van der Waals surface area (Å²) in [4.78, 5) is 11.2. The molecule has 4 heteroatoms. The average molecular weight is 237 g/mol. The third-order valence-corrected chi connectivity index (χ3v) is 3.95. The molecule has 1 atom stereocenters. The third-order valence-electron chi connectivity index (χ3n) is 3.95. The van der Waals surface area contributed by atoms with Crippen LogP contribution in [0.5, 0.6) is 0 Å². The second kappa shape index (κ2) is 3.88. The fourth-order valence-corrected chi connectivity index (χ4v) is 2.98. The zero-order chi connectivity index (χ0) is 12.7. The van der Waals surface area contributed by atoms with Gasteiger partial charge < -0.3 is 15.3 Å². The lowest BCUT2D eigenvalue weighted by Gasteiger charge is -2.46. The lowest BCUT2D eigenvalue weighted by molar-refractivity contribution is -0.139. The summed E-state index contributed by atoms with van der Waals surface area (Å²) in [6, 6.07) is 1.88. The molecule has 0 bridgehead atoms. The van der Waals surface area contributed by atoms with E-state index in [9.17, 15) is 9.90 Å². The Hall–Kier alpha value is -1.29. The number of aryl methyl sites for hydroxylation is 1. The predicted octanol–water partition coefficient (Wildman–Crippen LogP) is 2.07. The molecular formula is C13H19NO3. The average Bonchev–Trinajstić information content (AvgIpc) is 2.63. The van der Waals surface area contributed by atoms with E-state index in [4.69, 9.17) is 10.2 Å². The minimum absolute atomic E-state index is 0.0586. The van der Waals surface area contributed by atoms with Crippen molar-refractivity contribution in [3.05, 3.63) is 23.7 Å². The van der Waals surface area contributed by atoms with Gasteiger partial charge >= 0.3 is 5.97 Å². The Morgan fingerprint density at radius 1 is 1.65 bits per heavy atom. The van der Waals surface area contributed by atoms with Gasteiger partial charge in [-0.05, 0) is 32.8 Å². The van der Waals surface area contributed by atoms with Crippen LogP contribution >= 0.6 is 0 Å². The van der Waals surface area contributed by atoms with Crippen LogP contribution in [0, 0.1) is 0 Å². The number of hydrogen-bond acceptors (Lipinski definition) is 3. The van der Waals surface area contributed by atoms with Gasteiger partial charge in [-0.1, -0.05) is 0 Å². The highest BCUT2D eigenvalue weighted by Crippen LogP contribution is 2.46. The Bertz CT molecular complexity index is 430. The van der Waals surface area contributed by atoms with Gasteiger partial charge in [0.1, 0.15) is 5.76 Å². The fourth-order valence-electron chi connectivity index (χ4n) is 2.98. The molecule has 2 rings (SSSR count). The number of carboxylic acids is 1. The molecule has 0 radical (unpaired) electrons. The van der Waals surface area contributed by atoms with Crippen LogP contribution in [0.4, 0.5) is 0 Å². The number of fused-ring (bicyclic) bond motifs is 1. The van der Waals surface area contributed by atoms with Crippen LogP contribution < -0.4 is 5.73 Å². The molecule has 1 aromatic heterocycles. The molecule has 4 nitrogen and oxygen atoms in total. The Morgan fingerprint density at radius 3 is 2.94 bits per heavy atom. The van der Waals surface area contributed by atoms with E-state index in [1.807, 2.05) is 19.9 Å². The Morgan fingerprint density at radius 2 is 2.35 bits per heavy atom. The van der Waals surface area contributed by atoms with Crippen molar-refractivity contribution in [1.29, 1.82) is 0 Å². The van der Waals surface area contributed by atoms with Gasteiger partial charge in [0.15, 0.2) is 0 Å². The Kier molecular flexibility index (Phi) is 2.78. The maximum atomic E-state index is 11.2. The first-order chi connectivity index (χ1) is 7.87. The molecule has 0 fully saturated rings. The van der Waals surface area contributed by atoms with Gasteiger partial charge in [-0.15, -0.1) is 0 Å². The highest BCUT2D eigenvalue weighted by molar-refractivity contribution is 5.70. The molecule has 1 aliphatic rings. The summed E-state index contributed by atoms with van der Waals surface area (Å²) in [6.07, 6.45) is 4.30. The highest BCUT2D eigenvalue weighted by atomic mass is 16.4. The number of furan rings is 1. The van der Waals surface area contributed by atoms with Gasteiger partial charge in [-0.3, -0.25) is 4.79 Å². The van der Waals surface area contributed by atoms with Crippen LogP contribution in [0.15, 0.2) is 16.7 Å². The third kappa shape index (κ3) is 1.86. The molecule has 1 unspecified atom stereocenters. The largest absolute Gasteiger partial charge is 0.481 e. The van der Waals surface area contributed by atoms with Crippen molar-refractivity contribution >= 4 is 5.97 Å². The molecule has 1 heterocycles. The second-order valence-corrected chi connectivity index (χ2v) is 5.49. The normalized spacial score (nSPS) is 24.4. The van der Waals surface area contributed by atoms with Crippen LogP contribution in [0.1, 0.15) is 44.4 Å². The summed E-state index contributed by atoms with van der Waals surface area (Å²) in [7, 11) is 0. The first kappa shape index (κ1) is 12.2. The van der Waals surface area contributed by atoms with Gasteiger partial charge in [0.2, 0.25) is 0 Å². The van der Waals surface area contributed by atoms with E-state index in [1.54, 1.807) is 6.26 Å². The monoisotopic (exact) mass is 237 g/mol. The maximum Gasteiger partial charge on any atom is 0.304 e. The van der Waals surface area contributed by atoms with E-state index in [2.05, 4.69) is 0 Å². The van der Waals surface area contributed by atoms with Crippen molar-refractivity contribution in [2.75, 3.05) is 0 Å². The molecule has 3 N–H and O–H groups in total. The fraction of sp³-hybridized carbons (Fsp3) is 0.615. The molecule has 17 heavy (non-hydrogen) atoms. The van der Waals surface area contributed by atoms with Crippen molar-refractivity contribution in [3.63, 3.8) is 0 Å². The van der Waals surface area contributed by atoms with E-state index >= 15 is 0 Å². The van der Waals surface area contributed by atoms with Crippen molar-refractivity contribution in [3.8, 4) is 0 Å². The van der Waals surface area contributed by atoms with Crippen LogP contribution in [-0.4, -0.2) is 16.6 Å². The number of hydrogen-bond donors (Lipinski definition) is 2. The zero-order valence-corrected chi connectivity index (χ0v) is 10.3. The summed E-state index contributed by atoms with van der Waals surface area (Å²) >= 11 is 0. The van der Waals surface area contributed by atoms with E-state index in [0.29, 0.717) is 0 Å². The zero-order valence-electron chi connectivity index (χ0n) is 10.3. The number of nitrogens with two attached hydrogens (primary N) is 1. The first-order valence-corrected chi connectivity index (χ1v) is 5.94. The van der Waals surface area contributed by atoms with Crippen LogP contribution in [0.25, 0.3) is 0 Å². The predicted molar refractivity (Wildman–Crippen MR) is 63.8 cm³/mol. The maximum absolute atomic E-state index is 11.2. The number of aliphatic carboxylic acids is 1. The summed E-state index contributed by atoms with van der Waals surface area (Å²) in [6.45, 7) is 3.80. The van der Waals surface area contributed by atoms with Crippen molar-refractivity contribution in [2.45, 2.75) is 50.5 Å². The number of carboxylic acid groups (broad SMARTS) is 1. The van der Waals surface area contributed by atoms with Gasteiger partial charge in [0.25, 0.3) is 0 Å². The molecule has 0 aliphatic heterocycles. The Balaban J connectivity index is 2.53. The minimum atomic E-state index is -0.808. The molecule has 0 saturated carbocycles. The molecule has 1 aliphatic carbocycles. The van der Waals surface area contributed by atoms with E-state index in [-0.39, 0.29) is 6.42 Å². The molecule has 1 aromatic rings. The van der Waals surface area contributed by atoms with Gasteiger partial charge in [0, 0.05) is 22.9 Å². The van der Waals surface area contributed by atoms with Crippen LogP contribution in [0.3, 0.4) is 0 Å². The van der Waals surface area contributed by atoms with E-state index in [0.717, 1.165) is 30.6 Å². The van der Waals surface area contributed by atoms with E-state index in [1.165, 1.54) is 0 Å². The molecule has 0 spiro atoms. The molecular weight excluding hydrogens is 218 g/mol. The molecule has 0 amide bonds. The minimum Gasteiger partial charge on any atom is -0.481 e. The van der Waals surface area contributed by atoms with Gasteiger partial charge in [0.05, 0.1) is 12.7 Å². The summed E-state index contributed by atoms with van der Waals surface area (Å²) in [5.41, 5.74) is 6.15. The SMILES string of the molecule is CC(C)(N)C1(CC(=O)O)CCCc2occc21. The van der Waals surface area contributed by atoms with Crippen molar-refractivity contribution in [2.24, 2.45) is 5.73 Å². The second-order valence-electron chi connectivity index (χ2n) is 5.49. The van der Waals surface area contributed by atoms with Crippen LogP contribution in [-0.2, 0) is 16.6 Å². The lowest BCUT2D eigenvalue weighted by Crippen LogP contribution is -2.56. The first-order valence-electron chi connectivity index (χ1n) is 5.94. The molecule has 0 aromatic carbocycles. The topological polar surface area (TPSA) is 76.5 Å². The highest BCUT2D eigenvalue weighted by Gasteiger charge is 2.48. The smallest absolute Gasteiger partial charge is 0.304 e. The standard InChI is InChI=1S/C13H19NO3/c1-12(2,14)13(8-11(15)16)6-3-4-10-9(13)5-7-17-10/h5,7H,3-4,6,8,14H2,1-2H3,(H,15,16). The Labute approximate surface area is 101 Å². The number of carbonyl (C=O) groups is 1. The van der Waals surface area contributed by atoms with Gasteiger partial charge in [-0.2, -0.15) is 0 Å². The number of rotatable bonds is 3. The molecule has 0 saturated heterocycles. The lowest BCUT2D eigenvalue weighted by atomic mass is 9.60. The summed E-state index contributed by atoms with van der Waals surface area (Å²) in [5.74, 6) is 0.0913. The summed E-state index contributed by atoms with van der Waals surface area (Å²) < 4.78 is 5.44. The van der Waals surface area contributed by atoms with Crippen molar-refractivity contribution < 1.29 is 14.3 Å². The van der Waals surface area contributed by atoms with Gasteiger partial charge in [-0.25, -0.2) is 0 Å². The van der Waals surface area contributed by atoms with Crippen LogP contribution in [0.2, 0.25) is 0 Å². The quantitative estimate of drug-likeness (QED) is 0.843. The van der Waals surface area contributed by atoms with Crippen molar-refractivity contribution in [1.82, 2.24) is 0 Å². The van der Waals surface area contributed by atoms with E-state index < -0.39 is 16.9 Å². The molecule has 94 valence electrons.